The summed E-state index contributed by atoms with van der Waals surface area (Å²) in [5, 5.41) is 0. The van der Waals surface area contributed by atoms with E-state index >= 15 is 0 Å². The lowest BCUT2D eigenvalue weighted by molar-refractivity contribution is -0.198. The standard InChI is InChI=1S/C23H43NO3/c1-6-24(16-20-8-7-15-25-20)14-11-21-17-26-23(27-21)12-9-19(10-13-23)22(4,5)18(2)3/h18-21H,6-17H2,1-5H3. The van der Waals surface area contributed by atoms with Crippen LogP contribution in [-0.4, -0.2) is 55.7 Å². The Morgan fingerprint density at radius 1 is 1.11 bits per heavy atom. The third-order valence-electron chi connectivity index (χ3n) is 7.90. The van der Waals surface area contributed by atoms with E-state index in [9.17, 15) is 0 Å². The first-order chi connectivity index (χ1) is 12.8. The first-order valence-electron chi connectivity index (χ1n) is 11.5. The Labute approximate surface area is 167 Å². The van der Waals surface area contributed by atoms with Crippen LogP contribution in [0.15, 0.2) is 0 Å². The highest BCUT2D eigenvalue weighted by Crippen LogP contribution is 2.48. The van der Waals surface area contributed by atoms with E-state index in [0.717, 1.165) is 63.9 Å². The van der Waals surface area contributed by atoms with E-state index in [4.69, 9.17) is 14.2 Å². The molecular weight excluding hydrogens is 338 g/mol. The van der Waals surface area contributed by atoms with Crippen LogP contribution in [0.5, 0.6) is 0 Å². The molecule has 1 spiro atoms. The summed E-state index contributed by atoms with van der Waals surface area (Å²) in [6, 6.07) is 0. The van der Waals surface area contributed by atoms with Crippen molar-refractivity contribution in [3.8, 4) is 0 Å². The lowest BCUT2D eigenvalue weighted by Crippen LogP contribution is -2.41. The second-order valence-electron chi connectivity index (χ2n) is 10.0. The molecular formula is C23H43NO3. The molecule has 0 amide bonds. The molecule has 0 aromatic heterocycles. The Hall–Kier alpha value is -0.160. The number of hydrogen-bond acceptors (Lipinski definition) is 4. The molecule has 1 saturated carbocycles. The first-order valence-corrected chi connectivity index (χ1v) is 11.5. The number of hydrogen-bond donors (Lipinski definition) is 0. The van der Waals surface area contributed by atoms with Crippen molar-refractivity contribution in [2.24, 2.45) is 17.3 Å². The van der Waals surface area contributed by atoms with Crippen molar-refractivity contribution in [3.05, 3.63) is 0 Å². The molecule has 2 saturated heterocycles. The van der Waals surface area contributed by atoms with Crippen LogP contribution in [0.2, 0.25) is 0 Å². The summed E-state index contributed by atoms with van der Waals surface area (Å²) in [7, 11) is 0. The Morgan fingerprint density at radius 2 is 1.85 bits per heavy atom. The highest BCUT2D eigenvalue weighted by Gasteiger charge is 2.47. The van der Waals surface area contributed by atoms with E-state index in [-0.39, 0.29) is 11.9 Å². The van der Waals surface area contributed by atoms with E-state index in [2.05, 4.69) is 39.5 Å². The molecule has 0 bridgehead atoms. The molecule has 158 valence electrons. The zero-order chi connectivity index (χ0) is 19.5. The predicted octanol–water partition coefficient (Wildman–Crippen LogP) is 4.86. The largest absolute Gasteiger partial charge is 0.377 e. The molecule has 2 aliphatic heterocycles. The maximum absolute atomic E-state index is 6.50. The molecule has 0 N–H and O–H groups in total. The Kier molecular flexibility index (Phi) is 7.27. The van der Waals surface area contributed by atoms with Crippen molar-refractivity contribution < 1.29 is 14.2 Å². The minimum absolute atomic E-state index is 0.262. The van der Waals surface area contributed by atoms with Gasteiger partial charge in [0.2, 0.25) is 0 Å². The third-order valence-corrected chi connectivity index (χ3v) is 7.90. The summed E-state index contributed by atoms with van der Waals surface area (Å²) in [6.07, 6.45) is 8.82. The predicted molar refractivity (Wildman–Crippen MR) is 110 cm³/mol. The van der Waals surface area contributed by atoms with Gasteiger partial charge in [-0.25, -0.2) is 0 Å². The molecule has 1 aliphatic carbocycles. The summed E-state index contributed by atoms with van der Waals surface area (Å²) in [5.41, 5.74) is 0.406. The Bertz CT molecular complexity index is 451. The fourth-order valence-corrected chi connectivity index (χ4v) is 5.08. The molecule has 0 aromatic carbocycles. The van der Waals surface area contributed by atoms with Gasteiger partial charge in [-0.2, -0.15) is 0 Å². The summed E-state index contributed by atoms with van der Waals surface area (Å²) in [5.74, 6) is 1.23. The summed E-state index contributed by atoms with van der Waals surface area (Å²) >= 11 is 0. The van der Waals surface area contributed by atoms with Crippen LogP contribution >= 0.6 is 0 Å². The van der Waals surface area contributed by atoms with Crippen LogP contribution in [0.1, 0.15) is 79.6 Å². The van der Waals surface area contributed by atoms with Crippen LogP contribution in [0.4, 0.5) is 0 Å². The number of ether oxygens (including phenoxy) is 3. The molecule has 2 heterocycles. The number of nitrogens with zero attached hydrogens (tertiary/aromatic N) is 1. The van der Waals surface area contributed by atoms with Gasteiger partial charge < -0.3 is 19.1 Å². The zero-order valence-corrected chi connectivity index (χ0v) is 18.5. The fraction of sp³-hybridized carbons (Fsp3) is 1.00. The number of likely N-dealkylation sites (N-methyl/N-ethyl adjacent to an activating group) is 1. The molecule has 4 nitrogen and oxygen atoms in total. The quantitative estimate of drug-likeness (QED) is 0.601. The molecule has 4 heteroatoms. The van der Waals surface area contributed by atoms with Crippen molar-refractivity contribution >= 4 is 0 Å². The lowest BCUT2D eigenvalue weighted by atomic mass is 9.64. The molecule has 3 fully saturated rings. The topological polar surface area (TPSA) is 30.9 Å². The van der Waals surface area contributed by atoms with Crippen LogP contribution in [0, 0.1) is 17.3 Å². The highest BCUT2D eigenvalue weighted by molar-refractivity contribution is 4.91. The van der Waals surface area contributed by atoms with Gasteiger partial charge in [-0.3, -0.25) is 0 Å². The van der Waals surface area contributed by atoms with Gasteiger partial charge in [-0.1, -0.05) is 34.6 Å². The number of rotatable bonds is 8. The average Bonchev–Trinajstić information content (AvgIpc) is 3.29. The maximum atomic E-state index is 6.50. The second kappa shape index (κ2) is 9.11. The van der Waals surface area contributed by atoms with Gasteiger partial charge in [-0.05, 0) is 55.9 Å². The van der Waals surface area contributed by atoms with Crippen molar-refractivity contribution in [3.63, 3.8) is 0 Å². The fourth-order valence-electron chi connectivity index (χ4n) is 5.08. The SMILES string of the molecule is CCN(CCC1COC2(CCC(C(C)(C)C(C)C)CC2)O1)CC1CCCO1. The van der Waals surface area contributed by atoms with Gasteiger partial charge in [0.05, 0.1) is 18.8 Å². The minimum atomic E-state index is -0.278. The Balaban J connectivity index is 1.42. The summed E-state index contributed by atoms with van der Waals surface area (Å²) in [4.78, 5) is 2.52. The van der Waals surface area contributed by atoms with E-state index < -0.39 is 0 Å². The van der Waals surface area contributed by atoms with Crippen molar-refractivity contribution in [1.29, 1.82) is 0 Å². The van der Waals surface area contributed by atoms with Gasteiger partial charge >= 0.3 is 0 Å². The normalized spacial score (nSPS) is 35.0. The van der Waals surface area contributed by atoms with Crippen LogP contribution < -0.4 is 0 Å². The van der Waals surface area contributed by atoms with Crippen LogP contribution in [0.3, 0.4) is 0 Å². The molecule has 0 aromatic rings. The third kappa shape index (κ3) is 5.26. The van der Waals surface area contributed by atoms with Gasteiger partial charge in [0, 0.05) is 32.5 Å². The minimum Gasteiger partial charge on any atom is -0.377 e. The average molecular weight is 382 g/mol. The second-order valence-corrected chi connectivity index (χ2v) is 10.0. The van der Waals surface area contributed by atoms with E-state index in [1.54, 1.807) is 0 Å². The van der Waals surface area contributed by atoms with E-state index in [1.807, 2.05) is 0 Å². The molecule has 2 atom stereocenters. The maximum Gasteiger partial charge on any atom is 0.168 e. The van der Waals surface area contributed by atoms with Gasteiger partial charge in [0.25, 0.3) is 0 Å². The van der Waals surface area contributed by atoms with Crippen LogP contribution in [-0.2, 0) is 14.2 Å². The molecule has 27 heavy (non-hydrogen) atoms. The molecule has 2 unspecified atom stereocenters. The van der Waals surface area contributed by atoms with E-state index in [0.29, 0.717) is 11.5 Å². The lowest BCUT2D eigenvalue weighted by Gasteiger charge is -2.44. The van der Waals surface area contributed by atoms with Gasteiger partial charge in [0.1, 0.15) is 0 Å². The summed E-state index contributed by atoms with van der Waals surface area (Å²) < 4.78 is 18.5. The van der Waals surface area contributed by atoms with Gasteiger partial charge in [-0.15, -0.1) is 0 Å². The summed E-state index contributed by atoms with van der Waals surface area (Å²) in [6.45, 7) is 16.8. The van der Waals surface area contributed by atoms with Crippen molar-refractivity contribution in [2.45, 2.75) is 97.6 Å². The van der Waals surface area contributed by atoms with Crippen molar-refractivity contribution in [2.75, 3.05) is 32.8 Å². The Morgan fingerprint density at radius 3 is 2.44 bits per heavy atom. The molecule has 3 rings (SSSR count). The molecule has 3 aliphatic rings. The monoisotopic (exact) mass is 381 g/mol. The van der Waals surface area contributed by atoms with Gasteiger partial charge in [0.15, 0.2) is 5.79 Å². The first kappa shape index (κ1) is 21.5. The smallest absolute Gasteiger partial charge is 0.168 e. The van der Waals surface area contributed by atoms with Crippen molar-refractivity contribution in [1.82, 2.24) is 4.90 Å². The molecule has 0 radical (unpaired) electrons. The van der Waals surface area contributed by atoms with Crippen LogP contribution in [0.25, 0.3) is 0 Å². The zero-order valence-electron chi connectivity index (χ0n) is 18.5. The highest BCUT2D eigenvalue weighted by atomic mass is 16.7. The van der Waals surface area contributed by atoms with E-state index in [1.165, 1.54) is 25.7 Å².